The van der Waals surface area contributed by atoms with Gasteiger partial charge in [0.1, 0.15) is 5.41 Å². The second kappa shape index (κ2) is 12.0. The van der Waals surface area contributed by atoms with E-state index in [4.69, 9.17) is 32.7 Å². The molecule has 3 rings (SSSR count). The number of halogens is 2. The van der Waals surface area contributed by atoms with E-state index in [-0.39, 0.29) is 42.7 Å². The van der Waals surface area contributed by atoms with E-state index in [1.54, 1.807) is 23.1 Å². The molecular formula is C29H40Cl2N2O5. The number of piperidine rings is 1. The van der Waals surface area contributed by atoms with Gasteiger partial charge in [0.25, 0.3) is 0 Å². The Balaban J connectivity index is 2.09. The topological polar surface area (TPSA) is 84.9 Å². The van der Waals surface area contributed by atoms with Crippen molar-refractivity contribution in [3.8, 4) is 0 Å². The van der Waals surface area contributed by atoms with E-state index in [9.17, 15) is 14.4 Å². The van der Waals surface area contributed by atoms with Crippen LogP contribution in [0.1, 0.15) is 66.4 Å². The summed E-state index contributed by atoms with van der Waals surface area (Å²) in [6.07, 6.45) is 1.84. The third-order valence-corrected chi connectivity index (χ3v) is 8.09. The van der Waals surface area contributed by atoms with Crippen LogP contribution in [-0.2, 0) is 30.4 Å². The molecule has 0 aliphatic carbocycles. The molecule has 0 saturated carbocycles. The first kappa shape index (κ1) is 30.5. The number of hydrogen-bond donors (Lipinski definition) is 1. The lowest BCUT2D eigenvalue weighted by Crippen LogP contribution is -2.61. The molecule has 1 aromatic rings. The number of nitrogens with one attached hydrogen (secondary N) is 1. The predicted octanol–water partition coefficient (Wildman–Crippen LogP) is 5.77. The number of fused-ring (bicyclic) bond motifs is 1. The number of esters is 1. The first-order valence-corrected chi connectivity index (χ1v) is 13.9. The molecule has 0 radical (unpaired) electrons. The zero-order valence-electron chi connectivity index (χ0n) is 23.4. The molecule has 1 aromatic carbocycles. The lowest BCUT2D eigenvalue weighted by atomic mass is 9.65. The Kier molecular flexibility index (Phi) is 9.59. The first-order chi connectivity index (χ1) is 17.7. The van der Waals surface area contributed by atoms with Crippen LogP contribution in [0.25, 0.3) is 0 Å². The Hall–Kier alpha value is -2.09. The number of nitrogens with zero attached hydrogens (tertiary/aromatic N) is 1. The number of amides is 2. The van der Waals surface area contributed by atoms with Crippen molar-refractivity contribution in [1.29, 1.82) is 0 Å². The molecule has 7 nitrogen and oxygen atoms in total. The number of rotatable bonds is 8. The number of likely N-dealkylation sites (tertiary alicyclic amines) is 1. The maximum atomic E-state index is 14.0. The Morgan fingerprint density at radius 3 is 2.53 bits per heavy atom. The quantitative estimate of drug-likeness (QED) is 0.403. The molecular weight excluding hydrogens is 527 g/mol. The van der Waals surface area contributed by atoms with Crippen LogP contribution in [0.2, 0.25) is 10.0 Å². The van der Waals surface area contributed by atoms with Gasteiger partial charge in [0.05, 0.1) is 25.9 Å². The number of hydrogen-bond acceptors (Lipinski definition) is 5. The van der Waals surface area contributed by atoms with Crippen LogP contribution in [0.4, 0.5) is 0 Å². The van der Waals surface area contributed by atoms with E-state index in [1.165, 1.54) is 7.11 Å². The van der Waals surface area contributed by atoms with Crippen LogP contribution in [0.3, 0.4) is 0 Å². The normalized spacial score (nSPS) is 25.6. The molecule has 210 valence electrons. The van der Waals surface area contributed by atoms with Crippen LogP contribution in [0.15, 0.2) is 30.0 Å². The fourth-order valence-electron chi connectivity index (χ4n) is 5.22. The van der Waals surface area contributed by atoms with Crippen molar-refractivity contribution in [1.82, 2.24) is 10.2 Å². The highest BCUT2D eigenvalue weighted by Crippen LogP contribution is 2.52. The van der Waals surface area contributed by atoms with Crippen molar-refractivity contribution in [3.63, 3.8) is 0 Å². The van der Waals surface area contributed by atoms with E-state index in [1.807, 2.05) is 33.8 Å². The minimum Gasteiger partial charge on any atom is -0.468 e. The lowest BCUT2D eigenvalue weighted by molar-refractivity contribution is -0.180. The van der Waals surface area contributed by atoms with Crippen molar-refractivity contribution in [3.05, 3.63) is 45.6 Å². The van der Waals surface area contributed by atoms with Gasteiger partial charge in [-0.25, -0.2) is 0 Å². The van der Waals surface area contributed by atoms with Crippen molar-refractivity contribution >= 4 is 41.0 Å². The second-order valence-corrected chi connectivity index (χ2v) is 12.7. The van der Waals surface area contributed by atoms with Crippen LogP contribution in [-0.4, -0.2) is 48.5 Å². The summed E-state index contributed by atoms with van der Waals surface area (Å²) in [6.45, 7) is 12.8. The summed E-state index contributed by atoms with van der Waals surface area (Å²) in [5.74, 6) is -1.25. The summed E-state index contributed by atoms with van der Waals surface area (Å²) in [5, 5.41) is 3.81. The standard InChI is InChI=1S/C29H40Cl2N2O5/c1-17(2)10-11-32-25(34)12-20-15-29(27(36)37-7)18(3)38-24(28(4,5)6)14-23(29)33(26(20)35)16-19-8-9-21(30)13-22(19)31/h8-9,13-14,17-18,20,24H,10-12,15-16H2,1-7H3,(H,32,34)/t18-,20-,24-,29+/m0/s1. The number of benzene rings is 1. The second-order valence-electron chi connectivity index (χ2n) is 11.9. The van der Waals surface area contributed by atoms with E-state index in [0.29, 0.717) is 33.8 Å². The van der Waals surface area contributed by atoms with Crippen LogP contribution < -0.4 is 5.32 Å². The van der Waals surface area contributed by atoms with Gasteiger partial charge in [-0.15, -0.1) is 0 Å². The zero-order chi connectivity index (χ0) is 28.4. The largest absolute Gasteiger partial charge is 0.468 e. The molecule has 9 heteroatoms. The first-order valence-electron chi connectivity index (χ1n) is 13.2. The number of ether oxygens (including phenoxy) is 2. The fraction of sp³-hybridized carbons (Fsp3) is 0.621. The summed E-state index contributed by atoms with van der Waals surface area (Å²) in [4.78, 5) is 42.1. The molecule has 38 heavy (non-hydrogen) atoms. The van der Waals surface area contributed by atoms with Gasteiger partial charge < -0.3 is 19.7 Å². The van der Waals surface area contributed by atoms with E-state index in [0.717, 1.165) is 6.42 Å². The Morgan fingerprint density at radius 1 is 1.26 bits per heavy atom. The Morgan fingerprint density at radius 2 is 1.95 bits per heavy atom. The van der Waals surface area contributed by atoms with Crippen LogP contribution in [0, 0.1) is 22.7 Å². The molecule has 2 aliphatic heterocycles. The molecule has 4 atom stereocenters. The van der Waals surface area contributed by atoms with Gasteiger partial charge in [-0.2, -0.15) is 0 Å². The summed E-state index contributed by atoms with van der Waals surface area (Å²) < 4.78 is 11.7. The fourth-order valence-corrected chi connectivity index (χ4v) is 5.69. The number of methoxy groups -OCH3 is 1. The van der Waals surface area contributed by atoms with Crippen LogP contribution in [0.5, 0.6) is 0 Å². The zero-order valence-corrected chi connectivity index (χ0v) is 24.9. The molecule has 1 saturated heterocycles. The highest BCUT2D eigenvalue weighted by Gasteiger charge is 2.60. The third-order valence-electron chi connectivity index (χ3n) is 7.51. The maximum Gasteiger partial charge on any atom is 0.320 e. The molecule has 0 aromatic heterocycles. The van der Waals surface area contributed by atoms with Gasteiger partial charge in [-0.05, 0) is 54.9 Å². The van der Waals surface area contributed by atoms with Gasteiger partial charge in [-0.1, -0.05) is 63.9 Å². The van der Waals surface area contributed by atoms with Crippen molar-refractivity contribution in [2.24, 2.45) is 22.7 Å². The molecule has 2 heterocycles. The van der Waals surface area contributed by atoms with E-state index >= 15 is 0 Å². The highest BCUT2D eigenvalue weighted by atomic mass is 35.5. The highest BCUT2D eigenvalue weighted by molar-refractivity contribution is 6.35. The molecule has 1 fully saturated rings. The Bertz CT molecular complexity index is 1100. The van der Waals surface area contributed by atoms with Crippen molar-refractivity contribution < 1.29 is 23.9 Å². The predicted molar refractivity (Wildman–Crippen MR) is 149 cm³/mol. The minimum absolute atomic E-state index is 0.0385. The summed E-state index contributed by atoms with van der Waals surface area (Å²) >= 11 is 12.6. The van der Waals surface area contributed by atoms with Gasteiger partial charge >= 0.3 is 5.97 Å². The lowest BCUT2D eigenvalue weighted by Gasteiger charge is -2.53. The summed E-state index contributed by atoms with van der Waals surface area (Å²) in [7, 11) is 1.34. The molecule has 2 amide bonds. The van der Waals surface area contributed by atoms with Crippen LogP contribution >= 0.6 is 23.2 Å². The average Bonchev–Trinajstić information content (AvgIpc) is 2.82. The molecule has 0 spiro atoms. The Labute approximate surface area is 236 Å². The molecule has 2 aliphatic rings. The van der Waals surface area contributed by atoms with E-state index < -0.39 is 23.4 Å². The monoisotopic (exact) mass is 566 g/mol. The third kappa shape index (κ3) is 6.37. The molecule has 1 N–H and O–H groups in total. The van der Waals surface area contributed by atoms with Crippen molar-refractivity contribution in [2.45, 2.75) is 79.6 Å². The summed E-state index contributed by atoms with van der Waals surface area (Å²) in [5.41, 5.74) is -0.330. The van der Waals surface area contributed by atoms with Gasteiger partial charge in [0.2, 0.25) is 11.8 Å². The number of carbonyl (C=O) groups is 3. The molecule has 0 unspecified atom stereocenters. The molecule has 0 bridgehead atoms. The van der Waals surface area contributed by atoms with Crippen molar-refractivity contribution in [2.75, 3.05) is 13.7 Å². The average molecular weight is 568 g/mol. The number of carbonyl (C=O) groups excluding carboxylic acids is 3. The van der Waals surface area contributed by atoms with E-state index in [2.05, 4.69) is 19.2 Å². The van der Waals surface area contributed by atoms with Gasteiger partial charge in [0, 0.05) is 34.6 Å². The smallest absolute Gasteiger partial charge is 0.320 e. The maximum absolute atomic E-state index is 14.0. The van der Waals surface area contributed by atoms with Gasteiger partial charge in [-0.3, -0.25) is 14.4 Å². The summed E-state index contributed by atoms with van der Waals surface area (Å²) in [6, 6.07) is 5.10. The minimum atomic E-state index is -1.26. The van der Waals surface area contributed by atoms with Gasteiger partial charge in [0.15, 0.2) is 0 Å². The SMILES string of the molecule is COC(=O)[C@@]12C[C@H](CC(=O)NCCC(C)C)C(=O)N(Cc3ccc(Cl)cc3Cl)C1=C[C@@H](C(C)(C)C)O[C@H]2C.